The lowest BCUT2D eigenvalue weighted by Crippen LogP contribution is -2.11. The Morgan fingerprint density at radius 1 is 1.27 bits per heavy atom. The lowest BCUT2D eigenvalue weighted by atomic mass is 9.98. The summed E-state index contributed by atoms with van der Waals surface area (Å²) in [6.07, 6.45) is 2.74. The van der Waals surface area contributed by atoms with Gasteiger partial charge in [0.05, 0.1) is 0 Å². The first-order valence-corrected chi connectivity index (χ1v) is 7.34. The van der Waals surface area contributed by atoms with Crippen LogP contribution < -0.4 is 0 Å². The van der Waals surface area contributed by atoms with Gasteiger partial charge in [-0.25, -0.2) is 0 Å². The van der Waals surface area contributed by atoms with Crippen molar-refractivity contribution in [2.24, 2.45) is 0 Å². The Hall–Kier alpha value is 0.0500. The summed E-state index contributed by atoms with van der Waals surface area (Å²) in [6, 6.07) is 8.88. The van der Waals surface area contributed by atoms with Crippen LogP contribution in [0.15, 0.2) is 28.7 Å². The Morgan fingerprint density at radius 2 is 1.87 bits per heavy atom. The smallest absolute Gasteiger partial charge is 0.0175 e. The number of benzene rings is 1. The average molecular weight is 285 g/mol. The van der Waals surface area contributed by atoms with Crippen molar-refractivity contribution in [3.8, 4) is 0 Å². The van der Waals surface area contributed by atoms with E-state index in [1.807, 2.05) is 0 Å². The van der Waals surface area contributed by atoms with E-state index in [1.165, 1.54) is 28.6 Å². The zero-order valence-corrected chi connectivity index (χ0v) is 11.7. The Morgan fingerprint density at radius 3 is 2.33 bits per heavy atom. The topological polar surface area (TPSA) is 0 Å². The van der Waals surface area contributed by atoms with E-state index in [2.05, 4.69) is 65.8 Å². The summed E-state index contributed by atoms with van der Waals surface area (Å²) in [7, 11) is 0. The monoisotopic (exact) mass is 284 g/mol. The van der Waals surface area contributed by atoms with Crippen molar-refractivity contribution in [3.63, 3.8) is 0 Å². The molecule has 0 spiro atoms. The van der Waals surface area contributed by atoms with E-state index < -0.39 is 0 Å². The summed E-state index contributed by atoms with van der Waals surface area (Å²) in [4.78, 5) is 0. The molecule has 0 unspecified atom stereocenters. The van der Waals surface area contributed by atoms with Crippen molar-refractivity contribution < 1.29 is 0 Å². The molecule has 1 aromatic rings. The molecule has 0 bridgehead atoms. The molecule has 0 heterocycles. The summed E-state index contributed by atoms with van der Waals surface area (Å²) < 4.78 is 1.18. The molecule has 15 heavy (non-hydrogen) atoms. The van der Waals surface area contributed by atoms with Crippen LogP contribution in [0.25, 0.3) is 0 Å². The van der Waals surface area contributed by atoms with E-state index in [-0.39, 0.29) is 0 Å². The van der Waals surface area contributed by atoms with Crippen molar-refractivity contribution in [1.29, 1.82) is 0 Å². The van der Waals surface area contributed by atoms with E-state index >= 15 is 0 Å². The molecule has 0 aromatic heterocycles. The third-order valence-electron chi connectivity index (χ3n) is 3.00. The molecule has 0 N–H and O–H groups in total. The number of halogens is 1. The predicted molar refractivity (Wildman–Crippen MR) is 72.6 cm³/mol. The second kappa shape index (κ2) is 4.50. The number of rotatable bonds is 4. The first kappa shape index (κ1) is 11.5. The summed E-state index contributed by atoms with van der Waals surface area (Å²) in [5, 5.41) is 0.748. The van der Waals surface area contributed by atoms with Gasteiger partial charge in [-0.1, -0.05) is 41.9 Å². The van der Waals surface area contributed by atoms with E-state index in [0.29, 0.717) is 5.41 Å². The lowest BCUT2D eigenvalue weighted by Gasteiger charge is -2.16. The fourth-order valence-corrected chi connectivity index (χ4v) is 3.17. The van der Waals surface area contributed by atoms with Crippen LogP contribution in [0, 0.1) is 0 Å². The molecule has 1 fully saturated rings. The Balaban J connectivity index is 2.06. The maximum absolute atomic E-state index is 3.49. The lowest BCUT2D eigenvalue weighted by molar-refractivity contribution is 0.799. The Bertz CT molecular complexity index is 325. The highest BCUT2D eigenvalue weighted by Gasteiger charge is 2.43. The van der Waals surface area contributed by atoms with E-state index in [4.69, 9.17) is 0 Å². The summed E-state index contributed by atoms with van der Waals surface area (Å²) >= 11 is 5.58. The van der Waals surface area contributed by atoms with Crippen LogP contribution in [0.4, 0.5) is 0 Å². The normalized spacial score (nSPS) is 18.1. The molecule has 0 atom stereocenters. The van der Waals surface area contributed by atoms with Crippen LogP contribution in [-0.4, -0.2) is 11.0 Å². The molecule has 82 valence electrons. The van der Waals surface area contributed by atoms with Gasteiger partial charge >= 0.3 is 0 Å². The van der Waals surface area contributed by atoms with Crippen molar-refractivity contribution in [3.05, 3.63) is 34.3 Å². The highest BCUT2D eigenvalue weighted by Crippen LogP contribution is 2.50. The second-order valence-electron chi connectivity index (χ2n) is 4.65. The van der Waals surface area contributed by atoms with Crippen molar-refractivity contribution in [1.82, 2.24) is 0 Å². The SMILES string of the molecule is CC(C)SCC1(c2ccc(Br)cc2)CC1. The number of hydrogen-bond acceptors (Lipinski definition) is 1. The van der Waals surface area contributed by atoms with E-state index in [9.17, 15) is 0 Å². The third kappa shape index (κ3) is 2.79. The predicted octanol–water partition coefficient (Wildman–Crippen LogP) is 4.62. The van der Waals surface area contributed by atoms with Gasteiger partial charge in [0.2, 0.25) is 0 Å². The van der Waals surface area contributed by atoms with Crippen LogP contribution in [0.1, 0.15) is 32.3 Å². The number of hydrogen-bond donors (Lipinski definition) is 0. The minimum Gasteiger partial charge on any atom is -0.158 e. The van der Waals surface area contributed by atoms with E-state index in [1.54, 1.807) is 0 Å². The summed E-state index contributed by atoms with van der Waals surface area (Å²) in [5.41, 5.74) is 2.04. The highest BCUT2D eigenvalue weighted by molar-refractivity contribution is 9.10. The van der Waals surface area contributed by atoms with Crippen LogP contribution in [0.5, 0.6) is 0 Å². The van der Waals surface area contributed by atoms with Gasteiger partial charge in [0.1, 0.15) is 0 Å². The standard InChI is InChI=1S/C13H17BrS/c1-10(2)15-9-13(7-8-13)11-3-5-12(14)6-4-11/h3-6,10H,7-9H2,1-2H3. The van der Waals surface area contributed by atoms with Gasteiger partial charge in [0, 0.05) is 15.6 Å². The largest absolute Gasteiger partial charge is 0.158 e. The molecule has 1 aliphatic rings. The quantitative estimate of drug-likeness (QED) is 0.777. The van der Waals surface area contributed by atoms with E-state index in [0.717, 1.165) is 5.25 Å². The molecular weight excluding hydrogens is 268 g/mol. The fraction of sp³-hybridized carbons (Fsp3) is 0.538. The third-order valence-corrected chi connectivity index (χ3v) is 4.92. The van der Waals surface area contributed by atoms with Crippen molar-refractivity contribution in [2.75, 3.05) is 5.75 Å². The van der Waals surface area contributed by atoms with Gasteiger partial charge in [-0.2, -0.15) is 11.8 Å². The van der Waals surface area contributed by atoms with Crippen LogP contribution in [-0.2, 0) is 5.41 Å². The molecule has 1 saturated carbocycles. The first-order valence-electron chi connectivity index (χ1n) is 5.50. The zero-order chi connectivity index (χ0) is 10.9. The van der Waals surface area contributed by atoms with Crippen LogP contribution in [0.3, 0.4) is 0 Å². The molecule has 0 amide bonds. The van der Waals surface area contributed by atoms with Crippen molar-refractivity contribution in [2.45, 2.75) is 37.4 Å². The summed E-state index contributed by atoms with van der Waals surface area (Å²) in [6.45, 7) is 4.56. The molecule has 0 saturated heterocycles. The molecule has 0 aliphatic heterocycles. The van der Waals surface area contributed by atoms with Gasteiger partial charge in [-0.05, 0) is 35.8 Å². The van der Waals surface area contributed by atoms with Gasteiger partial charge < -0.3 is 0 Å². The van der Waals surface area contributed by atoms with Gasteiger partial charge in [-0.15, -0.1) is 0 Å². The maximum atomic E-state index is 3.49. The zero-order valence-electron chi connectivity index (χ0n) is 9.29. The Labute approximate surface area is 105 Å². The minimum absolute atomic E-state index is 0.510. The molecular formula is C13H17BrS. The van der Waals surface area contributed by atoms with Gasteiger partial charge in [0.15, 0.2) is 0 Å². The maximum Gasteiger partial charge on any atom is 0.0175 e. The second-order valence-corrected chi connectivity index (χ2v) is 7.13. The average Bonchev–Trinajstić information content (AvgIpc) is 2.97. The molecule has 2 heteroatoms. The molecule has 1 aromatic carbocycles. The van der Waals surface area contributed by atoms with Gasteiger partial charge in [-0.3, -0.25) is 0 Å². The summed E-state index contributed by atoms with van der Waals surface area (Å²) in [5.74, 6) is 1.28. The van der Waals surface area contributed by atoms with Crippen LogP contribution >= 0.6 is 27.7 Å². The van der Waals surface area contributed by atoms with Gasteiger partial charge in [0.25, 0.3) is 0 Å². The fourth-order valence-electron chi connectivity index (χ4n) is 1.80. The molecule has 2 rings (SSSR count). The molecule has 0 radical (unpaired) electrons. The molecule has 0 nitrogen and oxygen atoms in total. The first-order chi connectivity index (χ1) is 7.12. The Kier molecular flexibility index (Phi) is 3.46. The highest BCUT2D eigenvalue weighted by atomic mass is 79.9. The molecule has 1 aliphatic carbocycles. The van der Waals surface area contributed by atoms with Crippen molar-refractivity contribution >= 4 is 27.7 Å². The number of thioether (sulfide) groups is 1. The minimum atomic E-state index is 0.510. The van der Waals surface area contributed by atoms with Crippen LogP contribution in [0.2, 0.25) is 0 Å².